The number of fused-ring (bicyclic) bond motifs is 1. The number of benzene rings is 1. The fourth-order valence-electron chi connectivity index (χ4n) is 2.33. The molecule has 6 heteroatoms. The summed E-state index contributed by atoms with van der Waals surface area (Å²) in [7, 11) is 0. The first kappa shape index (κ1) is 14.3. The summed E-state index contributed by atoms with van der Waals surface area (Å²) in [4.78, 5) is 11.8. The molecule has 0 aliphatic carbocycles. The van der Waals surface area contributed by atoms with Gasteiger partial charge in [-0.15, -0.1) is 11.3 Å². The lowest BCUT2D eigenvalue weighted by atomic mass is 10.2. The summed E-state index contributed by atoms with van der Waals surface area (Å²) in [6, 6.07) is 8.19. The maximum Gasteiger partial charge on any atom is 0.315 e. The van der Waals surface area contributed by atoms with Gasteiger partial charge in [0.2, 0.25) is 0 Å². The molecule has 21 heavy (non-hydrogen) atoms. The molecule has 112 valence electrons. The minimum Gasteiger partial charge on any atom is -0.374 e. The normalized spacial score (nSPS) is 18.6. The molecular formula is C15H19N3O2S. The summed E-state index contributed by atoms with van der Waals surface area (Å²) in [6.45, 7) is 3.43. The fourth-order valence-corrected chi connectivity index (χ4v) is 3.10. The number of thiophene rings is 1. The number of hydrogen-bond acceptors (Lipinski definition) is 4. The van der Waals surface area contributed by atoms with Crippen LogP contribution in [0.15, 0.2) is 29.6 Å². The lowest BCUT2D eigenvalue weighted by molar-refractivity contribution is 0.0307. The van der Waals surface area contributed by atoms with E-state index in [1.807, 2.05) is 6.07 Å². The lowest BCUT2D eigenvalue weighted by Gasteiger charge is -2.23. The van der Waals surface area contributed by atoms with Crippen molar-refractivity contribution in [2.75, 3.05) is 26.2 Å². The van der Waals surface area contributed by atoms with Crippen molar-refractivity contribution in [2.45, 2.75) is 12.6 Å². The second kappa shape index (κ2) is 6.89. The molecule has 1 saturated heterocycles. The third-order valence-corrected chi connectivity index (χ3v) is 4.36. The molecule has 0 spiro atoms. The number of rotatable bonds is 4. The number of carbonyl (C=O) groups excluding carboxylic acids is 1. The van der Waals surface area contributed by atoms with Crippen LogP contribution in [-0.4, -0.2) is 38.4 Å². The van der Waals surface area contributed by atoms with Gasteiger partial charge in [0.1, 0.15) is 0 Å². The van der Waals surface area contributed by atoms with E-state index in [9.17, 15) is 4.79 Å². The Morgan fingerprint density at radius 1 is 1.38 bits per heavy atom. The average molecular weight is 305 g/mol. The van der Waals surface area contributed by atoms with Crippen molar-refractivity contribution >= 4 is 27.5 Å². The summed E-state index contributed by atoms with van der Waals surface area (Å²) >= 11 is 1.72. The smallest absolute Gasteiger partial charge is 0.315 e. The highest BCUT2D eigenvalue weighted by molar-refractivity contribution is 7.17. The van der Waals surface area contributed by atoms with Crippen molar-refractivity contribution in [1.29, 1.82) is 0 Å². The Balaban J connectivity index is 1.44. The van der Waals surface area contributed by atoms with E-state index in [-0.39, 0.29) is 12.1 Å². The number of nitrogens with one attached hydrogen (secondary N) is 3. The standard InChI is InChI=1S/C15H19N3O2S/c19-15(18-10-13-9-16-4-5-20-13)17-8-11-1-2-14-12(7-11)3-6-21-14/h1-3,6-7,13,16H,4-5,8-10H2,(H2,17,18,19)/t13-/m1/s1. The van der Waals surface area contributed by atoms with E-state index < -0.39 is 0 Å². The first-order valence-corrected chi connectivity index (χ1v) is 7.99. The van der Waals surface area contributed by atoms with E-state index >= 15 is 0 Å². The number of amides is 2. The van der Waals surface area contributed by atoms with Gasteiger partial charge >= 0.3 is 6.03 Å². The van der Waals surface area contributed by atoms with Crippen molar-refractivity contribution in [3.8, 4) is 0 Å². The maximum atomic E-state index is 11.8. The third-order valence-electron chi connectivity index (χ3n) is 3.46. The molecule has 1 aromatic carbocycles. The predicted molar refractivity (Wildman–Crippen MR) is 84.7 cm³/mol. The molecule has 1 fully saturated rings. The van der Waals surface area contributed by atoms with Gasteiger partial charge in [-0.2, -0.15) is 0 Å². The zero-order chi connectivity index (χ0) is 14.5. The third kappa shape index (κ3) is 3.93. The zero-order valence-electron chi connectivity index (χ0n) is 11.7. The van der Waals surface area contributed by atoms with Gasteiger partial charge in [0, 0.05) is 30.9 Å². The van der Waals surface area contributed by atoms with Gasteiger partial charge in [0.25, 0.3) is 0 Å². The predicted octanol–water partition coefficient (Wildman–Crippen LogP) is 1.69. The molecule has 1 aliphatic heterocycles. The van der Waals surface area contributed by atoms with Crippen molar-refractivity contribution < 1.29 is 9.53 Å². The number of ether oxygens (including phenoxy) is 1. The van der Waals surface area contributed by atoms with Gasteiger partial charge < -0.3 is 20.7 Å². The monoisotopic (exact) mass is 305 g/mol. The second-order valence-corrected chi connectivity index (χ2v) is 6.00. The van der Waals surface area contributed by atoms with Crippen molar-refractivity contribution in [2.24, 2.45) is 0 Å². The van der Waals surface area contributed by atoms with Gasteiger partial charge in [0.05, 0.1) is 12.7 Å². The molecule has 0 radical (unpaired) electrons. The molecule has 1 aliphatic rings. The maximum absolute atomic E-state index is 11.8. The van der Waals surface area contributed by atoms with Crippen LogP contribution in [0.5, 0.6) is 0 Å². The fraction of sp³-hybridized carbons (Fsp3) is 0.400. The first-order valence-electron chi connectivity index (χ1n) is 7.11. The molecule has 0 saturated carbocycles. The van der Waals surface area contributed by atoms with Crippen LogP contribution in [-0.2, 0) is 11.3 Å². The van der Waals surface area contributed by atoms with Gasteiger partial charge in [-0.3, -0.25) is 0 Å². The van der Waals surface area contributed by atoms with Gasteiger partial charge in [-0.1, -0.05) is 6.07 Å². The van der Waals surface area contributed by atoms with Crippen LogP contribution in [0, 0.1) is 0 Å². The molecule has 3 N–H and O–H groups in total. The molecule has 2 amide bonds. The minimum absolute atomic E-state index is 0.0617. The highest BCUT2D eigenvalue weighted by atomic mass is 32.1. The topological polar surface area (TPSA) is 62.4 Å². The Morgan fingerprint density at radius 2 is 2.33 bits per heavy atom. The number of morpholine rings is 1. The van der Waals surface area contributed by atoms with Gasteiger partial charge in [-0.05, 0) is 34.5 Å². The van der Waals surface area contributed by atoms with Crippen LogP contribution in [0.2, 0.25) is 0 Å². The van der Waals surface area contributed by atoms with Crippen molar-refractivity contribution in [3.63, 3.8) is 0 Å². The second-order valence-electron chi connectivity index (χ2n) is 5.05. The summed E-state index contributed by atoms with van der Waals surface area (Å²) in [5.41, 5.74) is 1.10. The number of hydrogen-bond donors (Lipinski definition) is 3. The van der Waals surface area contributed by atoms with E-state index in [1.165, 1.54) is 10.1 Å². The highest BCUT2D eigenvalue weighted by Crippen LogP contribution is 2.21. The largest absolute Gasteiger partial charge is 0.374 e. The Labute approximate surface area is 127 Å². The number of urea groups is 1. The van der Waals surface area contributed by atoms with Crippen LogP contribution in [0.1, 0.15) is 5.56 Å². The molecule has 3 rings (SSSR count). The summed E-state index contributed by atoms with van der Waals surface area (Å²) in [5.74, 6) is 0. The molecule has 5 nitrogen and oxygen atoms in total. The van der Waals surface area contributed by atoms with Crippen LogP contribution in [0.25, 0.3) is 10.1 Å². The summed E-state index contributed by atoms with van der Waals surface area (Å²) in [5, 5.41) is 12.2. The molecule has 2 aromatic rings. The van der Waals surface area contributed by atoms with E-state index in [0.717, 1.165) is 18.7 Å². The molecular weight excluding hydrogens is 286 g/mol. The summed E-state index contributed by atoms with van der Waals surface area (Å²) < 4.78 is 6.80. The molecule has 0 unspecified atom stereocenters. The SMILES string of the molecule is O=C(NCc1ccc2sccc2c1)NC[C@H]1CNCCO1. The van der Waals surface area contributed by atoms with Crippen LogP contribution < -0.4 is 16.0 Å². The lowest BCUT2D eigenvalue weighted by Crippen LogP contribution is -2.47. The summed E-state index contributed by atoms with van der Waals surface area (Å²) in [6.07, 6.45) is 0.0617. The van der Waals surface area contributed by atoms with Crippen LogP contribution in [0.3, 0.4) is 0 Å². The van der Waals surface area contributed by atoms with E-state index in [2.05, 4.69) is 39.5 Å². The Morgan fingerprint density at radius 3 is 3.19 bits per heavy atom. The molecule has 0 bridgehead atoms. The van der Waals surface area contributed by atoms with E-state index in [1.54, 1.807) is 11.3 Å². The zero-order valence-corrected chi connectivity index (χ0v) is 12.5. The first-order chi connectivity index (χ1) is 10.3. The van der Waals surface area contributed by atoms with Gasteiger partial charge in [0.15, 0.2) is 0 Å². The van der Waals surface area contributed by atoms with Crippen LogP contribution in [0.4, 0.5) is 4.79 Å². The molecule has 1 atom stereocenters. The average Bonchev–Trinajstić information content (AvgIpc) is 2.99. The van der Waals surface area contributed by atoms with Crippen molar-refractivity contribution in [3.05, 3.63) is 35.2 Å². The molecule has 1 aromatic heterocycles. The van der Waals surface area contributed by atoms with E-state index in [0.29, 0.717) is 19.7 Å². The Kier molecular flexibility index (Phi) is 4.69. The highest BCUT2D eigenvalue weighted by Gasteiger charge is 2.13. The van der Waals surface area contributed by atoms with Crippen LogP contribution >= 0.6 is 11.3 Å². The van der Waals surface area contributed by atoms with E-state index in [4.69, 9.17) is 4.74 Å². The Bertz CT molecular complexity index is 608. The quantitative estimate of drug-likeness (QED) is 0.805. The molecule has 2 heterocycles. The van der Waals surface area contributed by atoms with Gasteiger partial charge in [-0.25, -0.2) is 4.79 Å². The minimum atomic E-state index is -0.158. The Hall–Kier alpha value is -1.63. The van der Waals surface area contributed by atoms with Crippen molar-refractivity contribution in [1.82, 2.24) is 16.0 Å². The number of carbonyl (C=O) groups is 1.